The zero-order valence-electron chi connectivity index (χ0n) is 10.1. The Balaban J connectivity index is 2.05. The van der Waals surface area contributed by atoms with E-state index in [1.165, 1.54) is 6.33 Å². The highest BCUT2D eigenvalue weighted by Gasteiger charge is 2.05. The lowest BCUT2D eigenvalue weighted by Gasteiger charge is -2.09. The van der Waals surface area contributed by atoms with Crippen LogP contribution >= 0.6 is 11.6 Å². The highest BCUT2D eigenvalue weighted by atomic mass is 35.5. The summed E-state index contributed by atoms with van der Waals surface area (Å²) in [6.07, 6.45) is 3.10. The number of benzene rings is 2. The molecule has 3 nitrogen and oxygen atoms in total. The van der Waals surface area contributed by atoms with Gasteiger partial charge in [-0.2, -0.15) is 0 Å². The van der Waals surface area contributed by atoms with Gasteiger partial charge in [0.25, 0.3) is 0 Å². The Morgan fingerprint density at radius 3 is 2.79 bits per heavy atom. The first-order valence-electron chi connectivity index (χ1n) is 5.88. The second kappa shape index (κ2) is 5.24. The quantitative estimate of drug-likeness (QED) is 0.670. The van der Waals surface area contributed by atoms with Gasteiger partial charge in [0.2, 0.25) is 5.88 Å². The van der Waals surface area contributed by atoms with Crippen LogP contribution in [0.3, 0.4) is 0 Å². The predicted molar refractivity (Wildman–Crippen MR) is 75.6 cm³/mol. The summed E-state index contributed by atoms with van der Waals surface area (Å²) in [7, 11) is 0. The molecule has 19 heavy (non-hydrogen) atoms. The van der Waals surface area contributed by atoms with Gasteiger partial charge >= 0.3 is 0 Å². The zero-order chi connectivity index (χ0) is 13.1. The first-order chi connectivity index (χ1) is 9.36. The van der Waals surface area contributed by atoms with E-state index in [0.717, 1.165) is 22.1 Å². The largest absolute Gasteiger partial charge is 0.439 e. The van der Waals surface area contributed by atoms with Crippen LogP contribution in [0.4, 0.5) is 0 Å². The Morgan fingerprint density at radius 2 is 2.00 bits per heavy atom. The van der Waals surface area contributed by atoms with Crippen LogP contribution in [-0.2, 0) is 5.88 Å². The lowest BCUT2D eigenvalue weighted by atomic mass is 10.1. The van der Waals surface area contributed by atoms with Gasteiger partial charge in [-0.15, -0.1) is 11.6 Å². The van der Waals surface area contributed by atoms with E-state index in [0.29, 0.717) is 11.8 Å². The van der Waals surface area contributed by atoms with Gasteiger partial charge in [-0.05, 0) is 28.5 Å². The van der Waals surface area contributed by atoms with Crippen LogP contribution in [-0.4, -0.2) is 9.97 Å². The van der Waals surface area contributed by atoms with Crippen molar-refractivity contribution in [1.29, 1.82) is 0 Å². The van der Waals surface area contributed by atoms with Crippen molar-refractivity contribution in [1.82, 2.24) is 9.97 Å². The van der Waals surface area contributed by atoms with E-state index in [1.807, 2.05) is 30.3 Å². The van der Waals surface area contributed by atoms with Crippen molar-refractivity contribution >= 4 is 22.4 Å². The van der Waals surface area contributed by atoms with Gasteiger partial charge in [-0.25, -0.2) is 9.97 Å². The van der Waals surface area contributed by atoms with Crippen molar-refractivity contribution in [3.8, 4) is 11.6 Å². The van der Waals surface area contributed by atoms with Crippen LogP contribution in [0.2, 0.25) is 0 Å². The average Bonchev–Trinajstić information content (AvgIpc) is 2.47. The van der Waals surface area contributed by atoms with Gasteiger partial charge in [0, 0.05) is 18.1 Å². The number of halogens is 1. The fourth-order valence-corrected chi connectivity index (χ4v) is 2.21. The minimum Gasteiger partial charge on any atom is -0.439 e. The monoisotopic (exact) mass is 270 g/mol. The number of hydrogen-bond donors (Lipinski definition) is 0. The lowest BCUT2D eigenvalue weighted by molar-refractivity contribution is 0.462. The normalized spacial score (nSPS) is 10.6. The number of ether oxygens (including phenoxy) is 1. The molecule has 4 heteroatoms. The summed E-state index contributed by atoms with van der Waals surface area (Å²) in [5.41, 5.74) is 1.05. The van der Waals surface area contributed by atoms with E-state index < -0.39 is 0 Å². The molecule has 0 fully saturated rings. The molecule has 0 N–H and O–H groups in total. The Hall–Kier alpha value is -2.13. The molecule has 94 valence electrons. The molecule has 0 saturated carbocycles. The van der Waals surface area contributed by atoms with Crippen LogP contribution in [0.15, 0.2) is 55.0 Å². The van der Waals surface area contributed by atoms with E-state index in [1.54, 1.807) is 12.3 Å². The Kier molecular flexibility index (Phi) is 3.29. The second-order valence-corrected chi connectivity index (χ2v) is 4.35. The minimum atomic E-state index is 0.446. The molecule has 2 aromatic carbocycles. The summed E-state index contributed by atoms with van der Waals surface area (Å²) in [6, 6.07) is 13.7. The maximum atomic E-state index is 6.00. The fourth-order valence-electron chi connectivity index (χ4n) is 1.99. The molecule has 3 aromatic rings. The molecule has 1 heterocycles. The summed E-state index contributed by atoms with van der Waals surface area (Å²) >= 11 is 6.00. The van der Waals surface area contributed by atoms with Gasteiger partial charge in [-0.3, -0.25) is 0 Å². The van der Waals surface area contributed by atoms with Gasteiger partial charge in [-0.1, -0.05) is 24.3 Å². The molecule has 0 aliphatic carbocycles. The Labute approximate surface area is 115 Å². The molecule has 0 amide bonds. The maximum Gasteiger partial charge on any atom is 0.222 e. The standard InChI is InChI=1S/C15H11ClN2O/c16-9-12-8-13(19-15-5-6-17-10-18-15)7-11-3-1-2-4-14(11)12/h1-8,10H,9H2. The molecule has 0 spiro atoms. The second-order valence-electron chi connectivity index (χ2n) is 4.09. The first-order valence-corrected chi connectivity index (χ1v) is 6.42. The number of fused-ring (bicyclic) bond motifs is 1. The summed E-state index contributed by atoms with van der Waals surface area (Å²) in [6.45, 7) is 0. The predicted octanol–water partition coefficient (Wildman–Crippen LogP) is 4.16. The average molecular weight is 271 g/mol. The molecule has 3 rings (SSSR count). The number of alkyl halides is 1. The van der Waals surface area contributed by atoms with E-state index in [-0.39, 0.29) is 0 Å². The SMILES string of the molecule is ClCc1cc(Oc2ccncn2)cc2ccccc12. The molecule has 0 aliphatic rings. The van der Waals surface area contributed by atoms with Gasteiger partial charge in [0.15, 0.2) is 0 Å². The Morgan fingerprint density at radius 1 is 1.11 bits per heavy atom. The summed E-state index contributed by atoms with van der Waals surface area (Å²) in [5, 5.41) is 2.25. The highest BCUT2D eigenvalue weighted by molar-refractivity contribution is 6.18. The zero-order valence-corrected chi connectivity index (χ0v) is 10.8. The van der Waals surface area contributed by atoms with Crippen LogP contribution < -0.4 is 4.74 Å². The van der Waals surface area contributed by atoms with Gasteiger partial charge < -0.3 is 4.74 Å². The van der Waals surface area contributed by atoms with Gasteiger partial charge in [0.1, 0.15) is 12.1 Å². The van der Waals surface area contributed by atoms with Crippen molar-refractivity contribution in [2.75, 3.05) is 0 Å². The summed E-state index contributed by atoms with van der Waals surface area (Å²) < 4.78 is 5.72. The molecule has 0 radical (unpaired) electrons. The number of rotatable bonds is 3. The minimum absolute atomic E-state index is 0.446. The molecule has 1 aromatic heterocycles. The van der Waals surface area contributed by atoms with E-state index >= 15 is 0 Å². The molecule has 0 saturated heterocycles. The third-order valence-electron chi connectivity index (χ3n) is 2.84. The van der Waals surface area contributed by atoms with E-state index in [4.69, 9.17) is 16.3 Å². The molecule has 0 bridgehead atoms. The molecular weight excluding hydrogens is 260 g/mol. The van der Waals surface area contributed by atoms with Crippen molar-refractivity contribution in [3.63, 3.8) is 0 Å². The van der Waals surface area contributed by atoms with Crippen LogP contribution in [0.1, 0.15) is 5.56 Å². The maximum absolute atomic E-state index is 6.00. The summed E-state index contributed by atoms with van der Waals surface area (Å²) in [5.74, 6) is 1.69. The number of aromatic nitrogens is 2. The van der Waals surface area contributed by atoms with Gasteiger partial charge in [0.05, 0.1) is 0 Å². The first kappa shape index (κ1) is 11.9. The van der Waals surface area contributed by atoms with Crippen molar-refractivity contribution in [2.45, 2.75) is 5.88 Å². The van der Waals surface area contributed by atoms with E-state index in [9.17, 15) is 0 Å². The third kappa shape index (κ3) is 2.51. The smallest absolute Gasteiger partial charge is 0.222 e. The van der Waals surface area contributed by atoms with Crippen LogP contribution in [0, 0.1) is 0 Å². The third-order valence-corrected chi connectivity index (χ3v) is 3.13. The van der Waals surface area contributed by atoms with Crippen LogP contribution in [0.25, 0.3) is 10.8 Å². The molecule has 0 atom stereocenters. The number of hydrogen-bond acceptors (Lipinski definition) is 3. The van der Waals surface area contributed by atoms with Crippen molar-refractivity contribution in [2.24, 2.45) is 0 Å². The van der Waals surface area contributed by atoms with Crippen molar-refractivity contribution < 1.29 is 4.74 Å². The lowest BCUT2D eigenvalue weighted by Crippen LogP contribution is -1.90. The summed E-state index contributed by atoms with van der Waals surface area (Å²) in [4.78, 5) is 7.90. The van der Waals surface area contributed by atoms with Crippen molar-refractivity contribution in [3.05, 3.63) is 60.6 Å². The van der Waals surface area contributed by atoms with Crippen LogP contribution in [0.5, 0.6) is 11.6 Å². The Bertz CT molecular complexity index is 701. The molecular formula is C15H11ClN2O. The fraction of sp³-hybridized carbons (Fsp3) is 0.0667. The highest BCUT2D eigenvalue weighted by Crippen LogP contribution is 2.28. The molecule has 0 aliphatic heterocycles. The number of nitrogens with zero attached hydrogens (tertiary/aromatic N) is 2. The van der Waals surface area contributed by atoms with E-state index in [2.05, 4.69) is 16.0 Å². The topological polar surface area (TPSA) is 35.0 Å². The molecule has 0 unspecified atom stereocenters.